The maximum Gasteiger partial charge on any atom is 0.173 e. The summed E-state index contributed by atoms with van der Waals surface area (Å²) in [4.78, 5) is 14.9. The molecule has 1 aromatic carbocycles. The highest BCUT2D eigenvalue weighted by atomic mass is 32.1. The average Bonchev–Trinajstić information content (AvgIpc) is 3.32. The fourth-order valence-corrected chi connectivity index (χ4v) is 6.20. The number of aromatic hydroxyl groups is 1. The van der Waals surface area contributed by atoms with Gasteiger partial charge in [-0.05, 0) is 56.5 Å². The van der Waals surface area contributed by atoms with Crippen LogP contribution in [0.4, 0.5) is 0 Å². The van der Waals surface area contributed by atoms with Crippen molar-refractivity contribution in [3.8, 4) is 27.6 Å². The predicted molar refractivity (Wildman–Crippen MR) is 134 cm³/mol. The third kappa shape index (κ3) is 4.89. The van der Waals surface area contributed by atoms with Crippen molar-refractivity contribution >= 4 is 17.0 Å². The monoisotopic (exact) mass is 477 g/mol. The second-order valence-electron chi connectivity index (χ2n) is 9.48. The molecule has 0 spiro atoms. The quantitative estimate of drug-likeness (QED) is 0.376. The van der Waals surface area contributed by atoms with Crippen LogP contribution in [0.1, 0.15) is 62.2 Å². The zero-order chi connectivity index (χ0) is 23.5. The second kappa shape index (κ2) is 9.90. The molecule has 7 nitrogen and oxygen atoms in total. The number of benzene rings is 1. The number of hydrogen-bond donors (Lipinski definition) is 4. The summed E-state index contributed by atoms with van der Waals surface area (Å²) in [6.07, 6.45) is 9.75. The number of phenolic OH excluding ortho intramolecular Hbond substituents is 1. The number of thiazole rings is 1. The van der Waals surface area contributed by atoms with Gasteiger partial charge in [0, 0.05) is 11.8 Å². The van der Waals surface area contributed by atoms with Crippen LogP contribution < -0.4 is 5.32 Å². The highest BCUT2D eigenvalue weighted by molar-refractivity contribution is 7.15. The lowest BCUT2D eigenvalue weighted by Gasteiger charge is -2.30. The Morgan fingerprint density at radius 3 is 2.68 bits per heavy atom. The minimum atomic E-state index is -0.983. The van der Waals surface area contributed by atoms with E-state index in [2.05, 4.69) is 10.3 Å². The molecule has 34 heavy (non-hydrogen) atoms. The van der Waals surface area contributed by atoms with E-state index in [1.165, 1.54) is 43.4 Å². The van der Waals surface area contributed by atoms with Gasteiger partial charge < -0.3 is 20.9 Å². The molecule has 0 unspecified atom stereocenters. The highest BCUT2D eigenvalue weighted by Gasteiger charge is 2.36. The van der Waals surface area contributed by atoms with Gasteiger partial charge in [-0.2, -0.15) is 0 Å². The van der Waals surface area contributed by atoms with Gasteiger partial charge in [-0.25, -0.2) is 15.0 Å². The summed E-state index contributed by atoms with van der Waals surface area (Å²) in [5.74, 6) is 1.16. The van der Waals surface area contributed by atoms with E-state index in [1.807, 2.05) is 12.1 Å². The Balaban J connectivity index is 1.52. The van der Waals surface area contributed by atoms with Crippen molar-refractivity contribution in [3.63, 3.8) is 0 Å². The molecular weight excluding hydrogens is 446 g/mol. The molecule has 8 heteroatoms. The number of nitrogens with zero attached hydrogens (tertiary/aromatic N) is 3. The second-order valence-corrected chi connectivity index (χ2v) is 10.5. The Labute approximate surface area is 203 Å². The number of aliphatic hydroxyl groups is 1. The summed E-state index contributed by atoms with van der Waals surface area (Å²) in [5, 5.41) is 34.0. The first kappa shape index (κ1) is 23.1. The molecule has 0 bridgehead atoms. The fourth-order valence-electron chi connectivity index (χ4n) is 5.00. The van der Waals surface area contributed by atoms with E-state index in [9.17, 15) is 10.2 Å². The highest BCUT2D eigenvalue weighted by Crippen LogP contribution is 2.42. The minimum absolute atomic E-state index is 0.163. The average molecular weight is 478 g/mol. The van der Waals surface area contributed by atoms with Crippen molar-refractivity contribution in [3.05, 3.63) is 47.4 Å². The molecule has 3 aromatic rings. The number of piperidine rings is 1. The van der Waals surface area contributed by atoms with Gasteiger partial charge in [0.2, 0.25) is 0 Å². The molecule has 0 amide bonds. The summed E-state index contributed by atoms with van der Waals surface area (Å²) in [6, 6.07) is 8.85. The normalized spacial score (nSPS) is 18.6. The van der Waals surface area contributed by atoms with Crippen LogP contribution in [0.2, 0.25) is 0 Å². The maximum absolute atomic E-state index is 11.3. The van der Waals surface area contributed by atoms with E-state index in [1.54, 1.807) is 24.4 Å². The van der Waals surface area contributed by atoms with Crippen LogP contribution in [0.15, 0.2) is 36.5 Å². The molecule has 2 aliphatic rings. The van der Waals surface area contributed by atoms with Gasteiger partial charge >= 0.3 is 0 Å². The summed E-state index contributed by atoms with van der Waals surface area (Å²) in [7, 11) is 0. The number of aromatic nitrogens is 3. The van der Waals surface area contributed by atoms with Gasteiger partial charge in [0.25, 0.3) is 0 Å². The van der Waals surface area contributed by atoms with Crippen molar-refractivity contribution in [2.75, 3.05) is 13.1 Å². The standard InChI is InChI=1S/C26H31N5O2S/c27-20(15-17-5-2-1-3-6-17)24-29-12-9-21(30-24)23-22(18-7-4-8-19(32)16-18)31-25(34-23)26(33)10-13-28-14-11-26/h4,7-9,12,16-17,27-28,32-33H,1-3,5-6,10-11,13-15H2. The molecule has 1 saturated heterocycles. The molecule has 5 rings (SSSR count). The maximum atomic E-state index is 11.3. The van der Waals surface area contributed by atoms with Gasteiger partial charge in [-0.3, -0.25) is 0 Å². The van der Waals surface area contributed by atoms with Crippen LogP contribution in [0.25, 0.3) is 21.8 Å². The molecule has 3 heterocycles. The molecule has 178 valence electrons. The van der Waals surface area contributed by atoms with Crippen LogP contribution in [0, 0.1) is 11.3 Å². The Hall–Kier alpha value is -2.68. The van der Waals surface area contributed by atoms with Gasteiger partial charge in [0.05, 0.1) is 22.0 Å². The van der Waals surface area contributed by atoms with E-state index in [-0.39, 0.29) is 5.75 Å². The molecule has 2 aromatic heterocycles. The lowest BCUT2D eigenvalue weighted by molar-refractivity contribution is 0.00582. The minimum Gasteiger partial charge on any atom is -0.508 e. The number of nitrogens with one attached hydrogen (secondary N) is 2. The van der Waals surface area contributed by atoms with Gasteiger partial charge in [-0.1, -0.05) is 44.2 Å². The molecule has 2 fully saturated rings. The fraction of sp³-hybridized carbons (Fsp3) is 0.462. The molecule has 1 saturated carbocycles. The first-order valence-corrected chi connectivity index (χ1v) is 13.0. The molecule has 0 atom stereocenters. The van der Waals surface area contributed by atoms with E-state index in [4.69, 9.17) is 15.4 Å². The number of phenols is 1. The third-order valence-electron chi connectivity index (χ3n) is 6.95. The zero-order valence-corrected chi connectivity index (χ0v) is 20.1. The van der Waals surface area contributed by atoms with Crippen molar-refractivity contribution in [2.24, 2.45) is 5.92 Å². The van der Waals surface area contributed by atoms with Crippen molar-refractivity contribution < 1.29 is 10.2 Å². The largest absolute Gasteiger partial charge is 0.508 e. The smallest absolute Gasteiger partial charge is 0.173 e. The Morgan fingerprint density at radius 2 is 1.91 bits per heavy atom. The van der Waals surface area contributed by atoms with E-state index in [0.29, 0.717) is 53.1 Å². The van der Waals surface area contributed by atoms with Gasteiger partial charge in [0.15, 0.2) is 5.82 Å². The topological polar surface area (TPSA) is 115 Å². The first-order valence-electron chi connectivity index (χ1n) is 12.2. The Bertz CT molecular complexity index is 1170. The molecule has 1 aliphatic heterocycles. The first-order chi connectivity index (χ1) is 16.5. The molecule has 0 radical (unpaired) electrons. The number of rotatable bonds is 6. The lowest BCUT2D eigenvalue weighted by atomic mass is 9.85. The van der Waals surface area contributed by atoms with E-state index >= 15 is 0 Å². The van der Waals surface area contributed by atoms with Crippen molar-refractivity contribution in [1.82, 2.24) is 20.3 Å². The summed E-state index contributed by atoms with van der Waals surface area (Å²) < 4.78 is 0. The van der Waals surface area contributed by atoms with Crippen LogP contribution in [0.3, 0.4) is 0 Å². The lowest BCUT2D eigenvalue weighted by Crippen LogP contribution is -2.39. The Morgan fingerprint density at radius 1 is 1.12 bits per heavy atom. The predicted octanol–water partition coefficient (Wildman–Crippen LogP) is 4.88. The third-order valence-corrected chi connectivity index (χ3v) is 8.22. The van der Waals surface area contributed by atoms with Crippen molar-refractivity contribution in [2.45, 2.75) is 57.0 Å². The SMILES string of the molecule is N=C(CC1CCCCC1)c1nccc(-c2sc(C3(O)CCNCC3)nc2-c2cccc(O)c2)n1. The zero-order valence-electron chi connectivity index (χ0n) is 19.3. The van der Waals surface area contributed by atoms with Crippen LogP contribution in [-0.2, 0) is 5.60 Å². The Kier molecular flexibility index (Phi) is 6.72. The molecule has 4 N–H and O–H groups in total. The van der Waals surface area contributed by atoms with Gasteiger partial charge in [-0.15, -0.1) is 11.3 Å². The summed E-state index contributed by atoms with van der Waals surface area (Å²) in [5.41, 5.74) is 1.65. The summed E-state index contributed by atoms with van der Waals surface area (Å²) in [6.45, 7) is 1.48. The molecular formula is C26H31N5O2S. The number of hydrogen-bond acceptors (Lipinski definition) is 8. The van der Waals surface area contributed by atoms with Gasteiger partial charge in [0.1, 0.15) is 16.4 Å². The van der Waals surface area contributed by atoms with Crippen LogP contribution in [-0.4, -0.2) is 44.0 Å². The van der Waals surface area contributed by atoms with Crippen molar-refractivity contribution in [1.29, 1.82) is 5.41 Å². The van der Waals surface area contributed by atoms with E-state index in [0.717, 1.165) is 23.5 Å². The van der Waals surface area contributed by atoms with Crippen LogP contribution >= 0.6 is 11.3 Å². The molecule has 1 aliphatic carbocycles. The summed E-state index contributed by atoms with van der Waals surface area (Å²) >= 11 is 1.44. The van der Waals surface area contributed by atoms with E-state index < -0.39 is 5.60 Å². The van der Waals surface area contributed by atoms with Crippen LogP contribution in [0.5, 0.6) is 5.75 Å².